The Morgan fingerprint density at radius 1 is 1.50 bits per heavy atom. The first-order valence-electron chi connectivity index (χ1n) is 4.29. The Morgan fingerprint density at radius 3 is 2.92 bits per heavy atom. The van der Waals surface area contributed by atoms with Crippen LogP contribution >= 0.6 is 11.6 Å². The summed E-state index contributed by atoms with van der Waals surface area (Å²) in [4.78, 5) is 4.24. The second-order valence-corrected chi connectivity index (χ2v) is 3.43. The van der Waals surface area contributed by atoms with Gasteiger partial charge in [-0.1, -0.05) is 13.0 Å². The molecule has 0 aromatic carbocycles. The van der Waals surface area contributed by atoms with Gasteiger partial charge in [-0.3, -0.25) is 4.98 Å². The van der Waals surface area contributed by atoms with Crippen LogP contribution in [0.3, 0.4) is 0 Å². The summed E-state index contributed by atoms with van der Waals surface area (Å²) in [6.45, 7) is 2.16. The van der Waals surface area contributed by atoms with Gasteiger partial charge in [-0.2, -0.15) is 0 Å². The normalized spacial score (nSPS) is 12.8. The Balaban J connectivity index is 2.33. The van der Waals surface area contributed by atoms with E-state index >= 15 is 0 Å². The van der Waals surface area contributed by atoms with E-state index in [1.165, 1.54) is 0 Å². The molecule has 1 rings (SSSR count). The van der Waals surface area contributed by atoms with E-state index in [1.807, 2.05) is 18.3 Å². The lowest BCUT2D eigenvalue weighted by Crippen LogP contribution is -1.99. The first-order chi connectivity index (χ1) is 5.83. The largest absolute Gasteiger partial charge is 0.261 e. The smallest absolute Gasteiger partial charge is 0.0403 e. The molecule has 0 aliphatic heterocycles. The molecule has 1 unspecified atom stereocenters. The highest BCUT2D eigenvalue weighted by Gasteiger charge is 2.00. The van der Waals surface area contributed by atoms with Crippen LogP contribution in [0.4, 0.5) is 0 Å². The van der Waals surface area contributed by atoms with Crippen LogP contribution in [0.1, 0.15) is 19.0 Å². The van der Waals surface area contributed by atoms with Crippen LogP contribution in [0.5, 0.6) is 0 Å². The number of rotatable bonds is 4. The van der Waals surface area contributed by atoms with Crippen molar-refractivity contribution < 1.29 is 0 Å². The standard InChI is InChI=1S/C10H14ClN/c1-9(8-11)5-6-10-4-2-3-7-12-10/h2-4,7,9H,5-6,8H2,1H3. The summed E-state index contributed by atoms with van der Waals surface area (Å²) in [5.41, 5.74) is 1.16. The number of alkyl halides is 1. The summed E-state index contributed by atoms with van der Waals surface area (Å²) < 4.78 is 0. The zero-order valence-corrected chi connectivity index (χ0v) is 8.09. The topological polar surface area (TPSA) is 12.9 Å². The monoisotopic (exact) mass is 183 g/mol. The third-order valence-electron chi connectivity index (χ3n) is 1.88. The fourth-order valence-corrected chi connectivity index (χ4v) is 1.17. The molecule has 66 valence electrons. The number of nitrogens with zero attached hydrogens (tertiary/aromatic N) is 1. The maximum atomic E-state index is 5.70. The van der Waals surface area contributed by atoms with Gasteiger partial charge in [0.15, 0.2) is 0 Å². The van der Waals surface area contributed by atoms with Crippen LogP contribution in [-0.2, 0) is 6.42 Å². The number of hydrogen-bond acceptors (Lipinski definition) is 1. The SMILES string of the molecule is CC(CCl)CCc1ccccn1. The fraction of sp³-hybridized carbons (Fsp3) is 0.500. The Kier molecular flexibility index (Phi) is 4.09. The van der Waals surface area contributed by atoms with Crippen molar-refractivity contribution in [2.75, 3.05) is 5.88 Å². The van der Waals surface area contributed by atoms with E-state index < -0.39 is 0 Å². The molecule has 1 nitrogen and oxygen atoms in total. The van der Waals surface area contributed by atoms with Crippen molar-refractivity contribution in [2.24, 2.45) is 5.92 Å². The van der Waals surface area contributed by atoms with Crippen molar-refractivity contribution >= 4 is 11.6 Å². The lowest BCUT2D eigenvalue weighted by Gasteiger charge is -2.05. The molecule has 0 bridgehead atoms. The third kappa shape index (κ3) is 3.22. The molecule has 1 aromatic rings. The molecule has 0 amide bonds. The van der Waals surface area contributed by atoms with Crippen LogP contribution in [-0.4, -0.2) is 10.9 Å². The van der Waals surface area contributed by atoms with E-state index in [-0.39, 0.29) is 0 Å². The first-order valence-corrected chi connectivity index (χ1v) is 4.82. The number of hydrogen-bond donors (Lipinski definition) is 0. The molecule has 2 heteroatoms. The molecule has 0 saturated carbocycles. The Bertz CT molecular complexity index is 210. The molecule has 0 spiro atoms. The van der Waals surface area contributed by atoms with Crippen molar-refractivity contribution in [1.82, 2.24) is 4.98 Å². The zero-order chi connectivity index (χ0) is 8.81. The second-order valence-electron chi connectivity index (χ2n) is 3.12. The van der Waals surface area contributed by atoms with Crippen LogP contribution < -0.4 is 0 Å². The van der Waals surface area contributed by atoms with Gasteiger partial charge in [0.25, 0.3) is 0 Å². The van der Waals surface area contributed by atoms with E-state index in [2.05, 4.69) is 18.0 Å². The van der Waals surface area contributed by atoms with Gasteiger partial charge in [0.05, 0.1) is 0 Å². The zero-order valence-electron chi connectivity index (χ0n) is 7.33. The third-order valence-corrected chi connectivity index (χ3v) is 2.41. The highest BCUT2D eigenvalue weighted by molar-refractivity contribution is 6.18. The highest BCUT2D eigenvalue weighted by Crippen LogP contribution is 2.08. The lowest BCUT2D eigenvalue weighted by atomic mass is 10.1. The van der Waals surface area contributed by atoms with Gasteiger partial charge < -0.3 is 0 Å². The molecule has 0 aliphatic rings. The van der Waals surface area contributed by atoms with E-state index in [4.69, 9.17) is 11.6 Å². The van der Waals surface area contributed by atoms with Gasteiger partial charge in [0.1, 0.15) is 0 Å². The number of aromatic nitrogens is 1. The molecule has 1 aromatic heterocycles. The molecule has 1 atom stereocenters. The van der Waals surface area contributed by atoms with E-state index in [0.29, 0.717) is 5.92 Å². The van der Waals surface area contributed by atoms with Crippen molar-refractivity contribution in [3.63, 3.8) is 0 Å². The number of aryl methyl sites for hydroxylation is 1. The quantitative estimate of drug-likeness (QED) is 0.655. The van der Waals surface area contributed by atoms with Crippen molar-refractivity contribution in [2.45, 2.75) is 19.8 Å². The van der Waals surface area contributed by atoms with Crippen LogP contribution in [0.25, 0.3) is 0 Å². The van der Waals surface area contributed by atoms with Gasteiger partial charge in [-0.05, 0) is 30.9 Å². The number of pyridine rings is 1. The van der Waals surface area contributed by atoms with Crippen LogP contribution in [0.2, 0.25) is 0 Å². The highest BCUT2D eigenvalue weighted by atomic mass is 35.5. The lowest BCUT2D eigenvalue weighted by molar-refractivity contribution is 0.587. The predicted molar refractivity (Wildman–Crippen MR) is 52.4 cm³/mol. The van der Waals surface area contributed by atoms with Crippen molar-refractivity contribution in [1.29, 1.82) is 0 Å². The Morgan fingerprint density at radius 2 is 2.33 bits per heavy atom. The minimum absolute atomic E-state index is 0.591. The number of halogens is 1. The molecule has 0 N–H and O–H groups in total. The minimum atomic E-state index is 0.591. The molecular formula is C10H14ClN. The molecule has 0 radical (unpaired) electrons. The molecule has 0 saturated heterocycles. The molecule has 1 heterocycles. The van der Waals surface area contributed by atoms with Gasteiger partial charge in [-0.15, -0.1) is 11.6 Å². The van der Waals surface area contributed by atoms with Crippen LogP contribution in [0.15, 0.2) is 24.4 Å². The summed E-state index contributed by atoms with van der Waals surface area (Å²) >= 11 is 5.70. The van der Waals surface area contributed by atoms with Gasteiger partial charge in [0, 0.05) is 17.8 Å². The second kappa shape index (κ2) is 5.15. The molecule has 0 aliphatic carbocycles. The summed E-state index contributed by atoms with van der Waals surface area (Å²) in [7, 11) is 0. The van der Waals surface area contributed by atoms with Crippen molar-refractivity contribution in [3.8, 4) is 0 Å². The first kappa shape index (κ1) is 9.53. The molecular weight excluding hydrogens is 170 g/mol. The average Bonchev–Trinajstić information content (AvgIpc) is 2.16. The average molecular weight is 184 g/mol. The maximum Gasteiger partial charge on any atom is 0.0403 e. The summed E-state index contributed by atoms with van der Waals surface area (Å²) in [5, 5.41) is 0. The Hall–Kier alpha value is -0.560. The van der Waals surface area contributed by atoms with Gasteiger partial charge in [0.2, 0.25) is 0 Å². The summed E-state index contributed by atoms with van der Waals surface area (Å²) in [5.74, 6) is 1.33. The van der Waals surface area contributed by atoms with E-state index in [1.54, 1.807) is 0 Å². The van der Waals surface area contributed by atoms with Gasteiger partial charge in [-0.25, -0.2) is 0 Å². The maximum absolute atomic E-state index is 5.70. The summed E-state index contributed by atoms with van der Waals surface area (Å²) in [6, 6.07) is 6.02. The van der Waals surface area contributed by atoms with Gasteiger partial charge >= 0.3 is 0 Å². The molecule has 12 heavy (non-hydrogen) atoms. The predicted octanol–water partition coefficient (Wildman–Crippen LogP) is 2.89. The fourth-order valence-electron chi connectivity index (χ4n) is 1.02. The van der Waals surface area contributed by atoms with Crippen LogP contribution in [0, 0.1) is 5.92 Å². The van der Waals surface area contributed by atoms with Crippen molar-refractivity contribution in [3.05, 3.63) is 30.1 Å². The van der Waals surface area contributed by atoms with E-state index in [0.717, 1.165) is 24.4 Å². The summed E-state index contributed by atoms with van der Waals surface area (Å²) in [6.07, 6.45) is 4.00. The minimum Gasteiger partial charge on any atom is -0.261 e. The Labute approximate surface area is 78.8 Å². The molecule has 0 fully saturated rings. The van der Waals surface area contributed by atoms with E-state index in [9.17, 15) is 0 Å².